The second kappa shape index (κ2) is 9.19. The number of sulfonamides is 1. The summed E-state index contributed by atoms with van der Waals surface area (Å²) in [6, 6.07) is 7.19. The van der Waals surface area contributed by atoms with Crippen LogP contribution in [-0.2, 0) is 14.8 Å². The maximum atomic E-state index is 11.8. The molecule has 0 aliphatic rings. The largest absolute Gasteiger partial charge is 0.398 e. The van der Waals surface area contributed by atoms with E-state index in [1.165, 1.54) is 11.8 Å². The fourth-order valence-electron chi connectivity index (χ4n) is 1.39. The standard InChI is InChI=1S/C12H18F2N2O3S2/c13-12(14)9-19-6-5-16-21(17,18)8-7-20-11-4-2-1-3-10(11)15/h1-4,12,16H,5-9,15H2. The van der Waals surface area contributed by atoms with E-state index < -0.39 is 23.1 Å². The first-order chi connectivity index (χ1) is 9.91. The number of halogens is 2. The van der Waals surface area contributed by atoms with Crippen molar-refractivity contribution in [1.82, 2.24) is 4.72 Å². The number of nitrogen functional groups attached to an aromatic ring is 1. The van der Waals surface area contributed by atoms with Crippen LogP contribution in [0.3, 0.4) is 0 Å². The zero-order chi connectivity index (χ0) is 15.7. The number of hydrogen-bond donors (Lipinski definition) is 2. The van der Waals surface area contributed by atoms with Gasteiger partial charge in [0.25, 0.3) is 6.43 Å². The lowest BCUT2D eigenvalue weighted by molar-refractivity contribution is 0.0199. The fraction of sp³-hybridized carbons (Fsp3) is 0.500. The molecule has 3 N–H and O–H groups in total. The van der Waals surface area contributed by atoms with Gasteiger partial charge in [-0.05, 0) is 12.1 Å². The minimum atomic E-state index is -3.44. The van der Waals surface area contributed by atoms with Crippen LogP contribution in [0.25, 0.3) is 0 Å². The second-order valence-corrected chi connectivity index (χ2v) is 7.13. The molecule has 0 aromatic heterocycles. The Bertz CT molecular complexity index is 527. The van der Waals surface area contributed by atoms with Gasteiger partial charge >= 0.3 is 0 Å². The minimum absolute atomic E-state index is 0.0206. The highest BCUT2D eigenvalue weighted by atomic mass is 32.2. The Hall–Kier alpha value is -0.900. The van der Waals surface area contributed by atoms with Gasteiger partial charge in [0, 0.05) is 22.9 Å². The quantitative estimate of drug-likeness (QED) is 0.384. The highest BCUT2D eigenvalue weighted by Crippen LogP contribution is 2.24. The topological polar surface area (TPSA) is 81.4 Å². The molecule has 9 heteroatoms. The number of alkyl halides is 2. The first kappa shape index (κ1) is 18.1. The van der Waals surface area contributed by atoms with Crippen molar-refractivity contribution >= 4 is 27.5 Å². The van der Waals surface area contributed by atoms with E-state index in [1.807, 2.05) is 12.1 Å². The van der Waals surface area contributed by atoms with Crippen molar-refractivity contribution < 1.29 is 21.9 Å². The second-order valence-electron chi connectivity index (χ2n) is 4.07. The summed E-state index contributed by atoms with van der Waals surface area (Å²) < 4.78 is 53.7. The van der Waals surface area contributed by atoms with E-state index in [9.17, 15) is 17.2 Å². The normalized spacial score (nSPS) is 12.0. The van der Waals surface area contributed by atoms with Crippen LogP contribution >= 0.6 is 11.8 Å². The molecule has 0 atom stereocenters. The molecular weight excluding hydrogens is 322 g/mol. The molecule has 1 rings (SSSR count). The van der Waals surface area contributed by atoms with Gasteiger partial charge in [-0.2, -0.15) is 0 Å². The van der Waals surface area contributed by atoms with Gasteiger partial charge in [0.15, 0.2) is 0 Å². The van der Waals surface area contributed by atoms with Crippen LogP contribution in [0.1, 0.15) is 0 Å². The number of ether oxygens (including phenoxy) is 1. The van der Waals surface area contributed by atoms with Crippen LogP contribution in [0.5, 0.6) is 0 Å². The van der Waals surface area contributed by atoms with Gasteiger partial charge in [0.2, 0.25) is 10.0 Å². The van der Waals surface area contributed by atoms with Gasteiger partial charge in [-0.15, -0.1) is 11.8 Å². The molecule has 0 spiro atoms. The molecule has 1 aromatic carbocycles. The Balaban J connectivity index is 2.22. The van der Waals surface area contributed by atoms with Gasteiger partial charge in [-0.3, -0.25) is 0 Å². The van der Waals surface area contributed by atoms with Gasteiger partial charge in [0.05, 0.1) is 12.4 Å². The zero-order valence-corrected chi connectivity index (χ0v) is 12.9. The Morgan fingerprint density at radius 2 is 2.05 bits per heavy atom. The summed E-state index contributed by atoms with van der Waals surface area (Å²) in [5.74, 6) is 0.266. The lowest BCUT2D eigenvalue weighted by Gasteiger charge is -2.08. The summed E-state index contributed by atoms with van der Waals surface area (Å²) in [5.41, 5.74) is 6.35. The molecule has 0 fully saturated rings. The van der Waals surface area contributed by atoms with Crippen molar-refractivity contribution in [2.24, 2.45) is 0 Å². The summed E-state index contributed by atoms with van der Waals surface area (Å²) in [5, 5.41) is 0. The highest BCUT2D eigenvalue weighted by molar-refractivity contribution is 8.00. The van der Waals surface area contributed by atoms with E-state index in [1.54, 1.807) is 12.1 Å². The molecule has 1 aromatic rings. The molecule has 5 nitrogen and oxygen atoms in total. The van der Waals surface area contributed by atoms with E-state index in [-0.39, 0.29) is 18.9 Å². The third-order valence-corrected chi connectivity index (χ3v) is 5.08. The highest BCUT2D eigenvalue weighted by Gasteiger charge is 2.10. The summed E-state index contributed by atoms with van der Waals surface area (Å²) >= 11 is 1.35. The number of nitrogens with one attached hydrogen (secondary N) is 1. The first-order valence-electron chi connectivity index (χ1n) is 6.21. The SMILES string of the molecule is Nc1ccccc1SCCS(=O)(=O)NCCOCC(F)F. The third-order valence-electron chi connectivity index (χ3n) is 2.34. The Labute approximate surface area is 127 Å². The van der Waals surface area contributed by atoms with Gasteiger partial charge in [0.1, 0.15) is 6.61 Å². The van der Waals surface area contributed by atoms with E-state index in [0.29, 0.717) is 11.4 Å². The van der Waals surface area contributed by atoms with Crippen LogP contribution in [0, 0.1) is 0 Å². The molecule has 0 saturated heterocycles. The summed E-state index contributed by atoms with van der Waals surface area (Å²) in [6.07, 6.45) is -2.55. The number of anilines is 1. The van der Waals surface area contributed by atoms with Crippen LogP contribution in [0.2, 0.25) is 0 Å². The number of hydrogen-bond acceptors (Lipinski definition) is 5. The lowest BCUT2D eigenvalue weighted by atomic mass is 10.3. The van der Waals surface area contributed by atoms with Crippen molar-refractivity contribution in [3.05, 3.63) is 24.3 Å². The number of para-hydroxylation sites is 1. The monoisotopic (exact) mass is 340 g/mol. The summed E-state index contributed by atoms with van der Waals surface area (Å²) in [4.78, 5) is 0.827. The smallest absolute Gasteiger partial charge is 0.261 e. The summed E-state index contributed by atoms with van der Waals surface area (Å²) in [7, 11) is -3.44. The van der Waals surface area contributed by atoms with Crippen molar-refractivity contribution in [3.8, 4) is 0 Å². The fourth-order valence-corrected chi connectivity index (χ4v) is 3.77. The molecule has 120 valence electrons. The molecule has 0 aliphatic carbocycles. The number of benzene rings is 1. The third kappa shape index (κ3) is 8.20. The maximum absolute atomic E-state index is 11.8. The van der Waals surface area contributed by atoms with Crippen LogP contribution < -0.4 is 10.5 Å². The van der Waals surface area contributed by atoms with E-state index in [4.69, 9.17) is 5.73 Å². The van der Waals surface area contributed by atoms with Crippen molar-refractivity contribution in [2.45, 2.75) is 11.3 Å². The van der Waals surface area contributed by atoms with E-state index >= 15 is 0 Å². The molecule has 0 unspecified atom stereocenters. The molecule has 0 heterocycles. The molecule has 0 bridgehead atoms. The minimum Gasteiger partial charge on any atom is -0.398 e. The Morgan fingerprint density at radius 3 is 2.71 bits per heavy atom. The number of thioether (sulfide) groups is 1. The van der Waals surface area contributed by atoms with E-state index in [2.05, 4.69) is 9.46 Å². The Morgan fingerprint density at radius 1 is 1.33 bits per heavy atom. The van der Waals surface area contributed by atoms with Gasteiger partial charge in [-0.25, -0.2) is 21.9 Å². The first-order valence-corrected chi connectivity index (χ1v) is 8.85. The predicted molar refractivity (Wildman–Crippen MR) is 80.2 cm³/mol. The average Bonchev–Trinajstić information content (AvgIpc) is 2.40. The Kier molecular flexibility index (Phi) is 7.94. The maximum Gasteiger partial charge on any atom is 0.261 e. The lowest BCUT2D eigenvalue weighted by Crippen LogP contribution is -2.30. The van der Waals surface area contributed by atoms with Crippen LogP contribution in [0.4, 0.5) is 14.5 Å². The van der Waals surface area contributed by atoms with Crippen molar-refractivity contribution in [1.29, 1.82) is 0 Å². The zero-order valence-electron chi connectivity index (χ0n) is 11.3. The summed E-state index contributed by atoms with van der Waals surface area (Å²) in [6.45, 7) is -0.791. The van der Waals surface area contributed by atoms with E-state index in [0.717, 1.165) is 4.90 Å². The number of rotatable bonds is 10. The molecule has 0 radical (unpaired) electrons. The molecular formula is C12H18F2N2O3S2. The van der Waals surface area contributed by atoms with Crippen molar-refractivity contribution in [3.63, 3.8) is 0 Å². The van der Waals surface area contributed by atoms with Crippen molar-refractivity contribution in [2.75, 3.05) is 37.0 Å². The molecule has 0 amide bonds. The van der Waals surface area contributed by atoms with Gasteiger partial charge in [-0.1, -0.05) is 12.1 Å². The molecule has 0 saturated carbocycles. The average molecular weight is 340 g/mol. The predicted octanol–water partition coefficient (Wildman–Crippen LogP) is 1.56. The van der Waals surface area contributed by atoms with Crippen LogP contribution in [-0.4, -0.2) is 46.1 Å². The van der Waals surface area contributed by atoms with Crippen LogP contribution in [0.15, 0.2) is 29.2 Å². The molecule has 21 heavy (non-hydrogen) atoms. The number of nitrogens with two attached hydrogens (primary N) is 1. The molecule has 0 aliphatic heterocycles. The van der Waals surface area contributed by atoms with Gasteiger partial charge < -0.3 is 10.5 Å².